The Hall–Kier alpha value is -1.12. The van der Waals surface area contributed by atoms with Gasteiger partial charge in [0.15, 0.2) is 0 Å². The second-order valence-electron chi connectivity index (χ2n) is 6.70. The van der Waals surface area contributed by atoms with Gasteiger partial charge in [0, 0.05) is 25.1 Å². The highest BCUT2D eigenvalue weighted by molar-refractivity contribution is 7.89. The van der Waals surface area contributed by atoms with Gasteiger partial charge in [0.1, 0.15) is 0 Å². The second-order valence-corrected chi connectivity index (χ2v) is 8.79. The Labute approximate surface area is 146 Å². The summed E-state index contributed by atoms with van der Waals surface area (Å²) in [6.07, 6.45) is -3.15. The second kappa shape index (κ2) is 7.63. The Kier molecular flexibility index (Phi) is 6.17. The van der Waals surface area contributed by atoms with E-state index < -0.39 is 27.2 Å². The number of sulfonamides is 1. The summed E-state index contributed by atoms with van der Waals surface area (Å²) >= 11 is 0. The van der Waals surface area contributed by atoms with E-state index in [1.165, 1.54) is 16.4 Å². The molecule has 8 heteroatoms. The quantitative estimate of drug-likeness (QED) is 0.827. The van der Waals surface area contributed by atoms with E-state index in [1.807, 2.05) is 0 Å². The molecule has 1 aromatic rings. The van der Waals surface area contributed by atoms with Crippen LogP contribution in [0.15, 0.2) is 24.3 Å². The van der Waals surface area contributed by atoms with E-state index in [1.54, 1.807) is 13.0 Å². The zero-order valence-corrected chi connectivity index (χ0v) is 15.0. The minimum atomic E-state index is -4.45. The largest absolute Gasteiger partial charge is 0.416 e. The molecule has 0 spiro atoms. The van der Waals surface area contributed by atoms with Crippen LogP contribution in [0.4, 0.5) is 13.2 Å². The molecule has 0 bridgehead atoms. The number of aliphatic hydroxyl groups is 1. The predicted molar refractivity (Wildman–Crippen MR) is 89.6 cm³/mol. The Morgan fingerprint density at radius 1 is 1.20 bits per heavy atom. The molecule has 0 saturated carbocycles. The van der Waals surface area contributed by atoms with Crippen LogP contribution >= 0.6 is 0 Å². The average Bonchev–Trinajstić information content (AvgIpc) is 2.55. The number of hydrogen-bond acceptors (Lipinski definition) is 3. The Balaban J connectivity index is 2.17. The van der Waals surface area contributed by atoms with Crippen LogP contribution in [0, 0.1) is 5.41 Å². The molecule has 0 aromatic heterocycles. The minimum absolute atomic E-state index is 0.0655. The summed E-state index contributed by atoms with van der Waals surface area (Å²) in [5.41, 5.74) is -1.27. The predicted octanol–water partition coefficient (Wildman–Crippen LogP) is 3.06. The van der Waals surface area contributed by atoms with Crippen molar-refractivity contribution >= 4 is 10.0 Å². The molecular formula is C17H24F3NO3S. The summed E-state index contributed by atoms with van der Waals surface area (Å²) in [6, 6.07) is 5.37. The van der Waals surface area contributed by atoms with Crippen LogP contribution in [-0.2, 0) is 22.6 Å². The molecular weight excluding hydrogens is 355 g/mol. The molecule has 142 valence electrons. The number of rotatable bonds is 6. The highest BCUT2D eigenvalue weighted by Crippen LogP contribution is 2.39. The van der Waals surface area contributed by atoms with E-state index in [4.69, 9.17) is 0 Å². The first-order valence-electron chi connectivity index (χ1n) is 8.37. The lowest BCUT2D eigenvalue weighted by Crippen LogP contribution is -2.46. The van der Waals surface area contributed by atoms with Crippen molar-refractivity contribution in [2.75, 3.05) is 25.4 Å². The minimum Gasteiger partial charge on any atom is -0.396 e. The van der Waals surface area contributed by atoms with Crippen molar-refractivity contribution in [2.24, 2.45) is 5.41 Å². The number of benzene rings is 1. The summed E-state index contributed by atoms with van der Waals surface area (Å²) in [6.45, 7) is 1.99. The molecule has 0 unspecified atom stereocenters. The Morgan fingerprint density at radius 3 is 2.32 bits per heavy atom. The van der Waals surface area contributed by atoms with Crippen molar-refractivity contribution in [3.05, 3.63) is 35.4 Å². The van der Waals surface area contributed by atoms with Crippen molar-refractivity contribution < 1.29 is 26.7 Å². The molecule has 0 amide bonds. The van der Waals surface area contributed by atoms with Crippen LogP contribution in [0.3, 0.4) is 0 Å². The lowest BCUT2D eigenvalue weighted by molar-refractivity contribution is -0.138. The van der Waals surface area contributed by atoms with Gasteiger partial charge in [-0.15, -0.1) is 0 Å². The smallest absolute Gasteiger partial charge is 0.396 e. The third-order valence-electron chi connectivity index (χ3n) is 4.86. The Morgan fingerprint density at radius 2 is 1.80 bits per heavy atom. The molecule has 0 atom stereocenters. The third kappa shape index (κ3) is 4.74. The zero-order chi connectivity index (χ0) is 18.7. The molecule has 1 N–H and O–H groups in total. The van der Waals surface area contributed by atoms with Crippen LogP contribution in [0.5, 0.6) is 0 Å². The number of alkyl halides is 3. The van der Waals surface area contributed by atoms with Gasteiger partial charge in [-0.25, -0.2) is 12.7 Å². The van der Waals surface area contributed by atoms with Crippen molar-refractivity contribution in [1.82, 2.24) is 4.31 Å². The molecule has 0 aliphatic carbocycles. The maximum Gasteiger partial charge on any atom is 0.416 e. The molecule has 1 saturated heterocycles. The van der Waals surface area contributed by atoms with Gasteiger partial charge >= 0.3 is 6.18 Å². The number of halogens is 3. The third-order valence-corrected chi connectivity index (χ3v) is 6.94. The monoisotopic (exact) mass is 379 g/mol. The summed E-state index contributed by atoms with van der Waals surface area (Å²) in [4.78, 5) is 0. The van der Waals surface area contributed by atoms with Crippen LogP contribution in [-0.4, -0.2) is 43.3 Å². The maximum atomic E-state index is 13.2. The van der Waals surface area contributed by atoms with Gasteiger partial charge in [-0.05, 0) is 37.3 Å². The lowest BCUT2D eigenvalue weighted by atomic mass is 9.74. The molecule has 2 rings (SSSR count). The standard InChI is InChI=1S/C17H24F3NO3S/c1-2-11-25(23,24)21-9-7-16(13-22,8-10-21)12-14-5-3-4-6-15(14)17(18,19)20/h3-6,22H,2,7-13H2,1H3. The summed E-state index contributed by atoms with van der Waals surface area (Å²) < 4.78 is 65.2. The molecule has 1 aromatic carbocycles. The van der Waals surface area contributed by atoms with Gasteiger partial charge in [-0.2, -0.15) is 13.2 Å². The van der Waals surface area contributed by atoms with E-state index in [0.717, 1.165) is 6.07 Å². The van der Waals surface area contributed by atoms with Crippen LogP contribution < -0.4 is 0 Å². The molecule has 4 nitrogen and oxygen atoms in total. The van der Waals surface area contributed by atoms with E-state index in [0.29, 0.717) is 19.3 Å². The lowest BCUT2D eigenvalue weighted by Gasteiger charge is -2.40. The van der Waals surface area contributed by atoms with Crippen molar-refractivity contribution in [3.8, 4) is 0 Å². The SMILES string of the molecule is CCCS(=O)(=O)N1CCC(CO)(Cc2ccccc2C(F)(F)F)CC1. The molecule has 1 aliphatic rings. The summed E-state index contributed by atoms with van der Waals surface area (Å²) in [5.74, 6) is 0.0655. The van der Waals surface area contributed by atoms with Crippen LogP contribution in [0.1, 0.15) is 37.3 Å². The van der Waals surface area contributed by atoms with Gasteiger partial charge in [0.25, 0.3) is 0 Å². The fourth-order valence-corrected chi connectivity index (χ4v) is 4.88. The van der Waals surface area contributed by atoms with Crippen LogP contribution in [0.25, 0.3) is 0 Å². The summed E-state index contributed by atoms with van der Waals surface area (Å²) in [7, 11) is -3.32. The van der Waals surface area contributed by atoms with Gasteiger partial charge in [-0.1, -0.05) is 25.1 Å². The molecule has 25 heavy (non-hydrogen) atoms. The highest BCUT2D eigenvalue weighted by Gasteiger charge is 2.40. The fourth-order valence-electron chi connectivity index (χ4n) is 3.37. The fraction of sp³-hybridized carbons (Fsp3) is 0.647. The topological polar surface area (TPSA) is 57.6 Å². The van der Waals surface area contributed by atoms with Gasteiger partial charge < -0.3 is 5.11 Å². The number of nitrogens with zero attached hydrogens (tertiary/aromatic N) is 1. The highest BCUT2D eigenvalue weighted by atomic mass is 32.2. The number of aliphatic hydroxyl groups excluding tert-OH is 1. The van der Waals surface area contributed by atoms with E-state index in [2.05, 4.69) is 0 Å². The first-order valence-corrected chi connectivity index (χ1v) is 9.98. The van der Waals surface area contributed by atoms with Crippen molar-refractivity contribution in [1.29, 1.82) is 0 Å². The summed E-state index contributed by atoms with van der Waals surface area (Å²) in [5, 5.41) is 9.84. The van der Waals surface area contributed by atoms with Gasteiger partial charge in [-0.3, -0.25) is 0 Å². The molecule has 1 heterocycles. The zero-order valence-electron chi connectivity index (χ0n) is 14.2. The molecule has 1 aliphatic heterocycles. The van der Waals surface area contributed by atoms with Gasteiger partial charge in [0.2, 0.25) is 10.0 Å². The molecule has 0 radical (unpaired) electrons. The first-order chi connectivity index (χ1) is 11.6. The van der Waals surface area contributed by atoms with Crippen molar-refractivity contribution in [2.45, 2.75) is 38.8 Å². The van der Waals surface area contributed by atoms with E-state index in [9.17, 15) is 26.7 Å². The molecule has 1 fully saturated rings. The maximum absolute atomic E-state index is 13.2. The van der Waals surface area contributed by atoms with E-state index >= 15 is 0 Å². The normalized spacial score (nSPS) is 19.1. The van der Waals surface area contributed by atoms with Gasteiger partial charge in [0.05, 0.1) is 11.3 Å². The van der Waals surface area contributed by atoms with Crippen LogP contribution in [0.2, 0.25) is 0 Å². The number of piperidine rings is 1. The van der Waals surface area contributed by atoms with Crippen molar-refractivity contribution in [3.63, 3.8) is 0 Å². The number of hydrogen-bond donors (Lipinski definition) is 1. The van der Waals surface area contributed by atoms with E-state index in [-0.39, 0.29) is 37.4 Å². The first kappa shape index (κ1) is 20.2. The average molecular weight is 379 g/mol. The Bertz CT molecular complexity index is 681.